The molecule has 1 atom stereocenters. The van der Waals surface area contributed by atoms with Gasteiger partial charge in [-0.2, -0.15) is 0 Å². The molecule has 0 spiro atoms. The van der Waals surface area contributed by atoms with Crippen molar-refractivity contribution in [2.45, 2.75) is 44.8 Å². The normalized spacial score (nSPS) is 22.8. The third kappa shape index (κ3) is 5.30. The molecule has 0 aromatic heterocycles. The molecule has 0 radical (unpaired) electrons. The molecule has 2 N–H and O–H groups in total. The lowest BCUT2D eigenvalue weighted by molar-refractivity contribution is -0.126. The molecule has 0 aliphatic carbocycles. The van der Waals surface area contributed by atoms with Crippen molar-refractivity contribution in [2.75, 3.05) is 32.8 Å². The van der Waals surface area contributed by atoms with Crippen molar-refractivity contribution in [1.82, 2.24) is 15.5 Å². The standard InChI is InChI=1S/C19H29N3O2/c23-19(18-15-24-11-8-20-18)21-13-16-6-5-7-17(12-16)14-22-9-3-1-2-4-10-22/h5-7,12,18,20H,1-4,8-11,13-15H2,(H,21,23). The van der Waals surface area contributed by atoms with Gasteiger partial charge in [0, 0.05) is 19.6 Å². The average molecular weight is 331 g/mol. The molecule has 2 heterocycles. The Bertz CT molecular complexity index is 521. The van der Waals surface area contributed by atoms with Gasteiger partial charge in [0.2, 0.25) is 5.91 Å². The number of nitrogens with one attached hydrogen (secondary N) is 2. The molecule has 5 nitrogen and oxygen atoms in total. The fraction of sp³-hybridized carbons (Fsp3) is 0.632. The van der Waals surface area contributed by atoms with E-state index >= 15 is 0 Å². The quantitative estimate of drug-likeness (QED) is 0.862. The third-order valence-electron chi connectivity index (χ3n) is 4.80. The fourth-order valence-corrected chi connectivity index (χ4v) is 3.44. The first-order valence-electron chi connectivity index (χ1n) is 9.20. The van der Waals surface area contributed by atoms with Crippen LogP contribution in [0.1, 0.15) is 36.8 Å². The number of morpholine rings is 1. The molecule has 24 heavy (non-hydrogen) atoms. The van der Waals surface area contributed by atoms with Gasteiger partial charge in [0.05, 0.1) is 13.2 Å². The molecule has 1 aromatic rings. The number of amides is 1. The van der Waals surface area contributed by atoms with E-state index in [0.717, 1.165) is 18.7 Å². The van der Waals surface area contributed by atoms with Gasteiger partial charge in [-0.05, 0) is 37.1 Å². The summed E-state index contributed by atoms with van der Waals surface area (Å²) in [5.74, 6) is 0.0209. The summed E-state index contributed by atoms with van der Waals surface area (Å²) in [4.78, 5) is 14.7. The number of likely N-dealkylation sites (tertiary alicyclic amines) is 1. The molecule has 132 valence electrons. The van der Waals surface area contributed by atoms with Crippen LogP contribution in [-0.4, -0.2) is 49.7 Å². The second-order valence-corrected chi connectivity index (χ2v) is 6.81. The number of nitrogens with zero attached hydrogens (tertiary/aromatic N) is 1. The number of hydrogen-bond acceptors (Lipinski definition) is 4. The Morgan fingerprint density at radius 2 is 2.00 bits per heavy atom. The highest BCUT2D eigenvalue weighted by molar-refractivity contribution is 5.81. The van der Waals surface area contributed by atoms with Crippen LogP contribution in [0.4, 0.5) is 0 Å². The van der Waals surface area contributed by atoms with Crippen LogP contribution in [0.5, 0.6) is 0 Å². The molecular weight excluding hydrogens is 302 g/mol. The summed E-state index contributed by atoms with van der Waals surface area (Å²) < 4.78 is 5.34. The number of benzene rings is 1. The zero-order valence-electron chi connectivity index (χ0n) is 14.4. The summed E-state index contributed by atoms with van der Waals surface area (Å²) in [7, 11) is 0. The van der Waals surface area contributed by atoms with Crippen molar-refractivity contribution in [3.8, 4) is 0 Å². The predicted molar refractivity (Wildman–Crippen MR) is 94.6 cm³/mol. The van der Waals surface area contributed by atoms with E-state index in [1.807, 2.05) is 0 Å². The van der Waals surface area contributed by atoms with Crippen molar-refractivity contribution in [1.29, 1.82) is 0 Å². The van der Waals surface area contributed by atoms with Crippen LogP contribution in [0.25, 0.3) is 0 Å². The molecule has 1 unspecified atom stereocenters. The molecule has 2 aliphatic heterocycles. The van der Waals surface area contributed by atoms with Crippen molar-refractivity contribution in [2.24, 2.45) is 0 Å². The van der Waals surface area contributed by atoms with Gasteiger partial charge < -0.3 is 15.4 Å². The topological polar surface area (TPSA) is 53.6 Å². The highest BCUT2D eigenvalue weighted by Gasteiger charge is 2.20. The Hall–Kier alpha value is -1.43. The molecule has 0 bridgehead atoms. The zero-order chi connectivity index (χ0) is 16.6. The maximum Gasteiger partial charge on any atom is 0.239 e. The minimum atomic E-state index is -0.223. The third-order valence-corrected chi connectivity index (χ3v) is 4.80. The van der Waals surface area contributed by atoms with Crippen molar-refractivity contribution in [3.63, 3.8) is 0 Å². The number of hydrogen-bond donors (Lipinski definition) is 2. The number of carbonyl (C=O) groups is 1. The van der Waals surface area contributed by atoms with E-state index < -0.39 is 0 Å². The van der Waals surface area contributed by atoms with Crippen molar-refractivity contribution >= 4 is 5.91 Å². The maximum absolute atomic E-state index is 12.1. The molecule has 2 aliphatic rings. The van der Waals surface area contributed by atoms with E-state index in [1.165, 1.54) is 44.3 Å². The van der Waals surface area contributed by atoms with Gasteiger partial charge in [0.15, 0.2) is 0 Å². The fourth-order valence-electron chi connectivity index (χ4n) is 3.44. The van der Waals surface area contributed by atoms with Crippen molar-refractivity contribution in [3.05, 3.63) is 35.4 Å². The second kappa shape index (κ2) is 9.16. The van der Waals surface area contributed by atoms with E-state index in [2.05, 4.69) is 39.8 Å². The minimum absolute atomic E-state index is 0.0209. The van der Waals surface area contributed by atoms with E-state index in [9.17, 15) is 4.79 Å². The molecule has 5 heteroatoms. The van der Waals surface area contributed by atoms with Crippen LogP contribution in [0.15, 0.2) is 24.3 Å². The molecule has 1 aromatic carbocycles. The van der Waals surface area contributed by atoms with Crippen molar-refractivity contribution < 1.29 is 9.53 Å². The van der Waals surface area contributed by atoms with Gasteiger partial charge in [-0.15, -0.1) is 0 Å². The van der Waals surface area contributed by atoms with Crippen LogP contribution in [-0.2, 0) is 22.6 Å². The van der Waals surface area contributed by atoms with Crippen LogP contribution in [0.2, 0.25) is 0 Å². The lowest BCUT2D eigenvalue weighted by atomic mass is 10.1. The van der Waals surface area contributed by atoms with Crippen LogP contribution < -0.4 is 10.6 Å². The van der Waals surface area contributed by atoms with Gasteiger partial charge in [-0.1, -0.05) is 37.1 Å². The highest BCUT2D eigenvalue weighted by Crippen LogP contribution is 2.14. The van der Waals surface area contributed by atoms with Gasteiger partial charge >= 0.3 is 0 Å². The van der Waals surface area contributed by atoms with Gasteiger partial charge in [0.1, 0.15) is 6.04 Å². The Morgan fingerprint density at radius 3 is 2.75 bits per heavy atom. The Labute approximate surface area is 144 Å². The molecule has 3 rings (SSSR count). The average Bonchev–Trinajstić information content (AvgIpc) is 2.89. The minimum Gasteiger partial charge on any atom is -0.378 e. The highest BCUT2D eigenvalue weighted by atomic mass is 16.5. The summed E-state index contributed by atoms with van der Waals surface area (Å²) in [6.07, 6.45) is 5.35. The molecule has 2 fully saturated rings. The lowest BCUT2D eigenvalue weighted by Gasteiger charge is -2.23. The molecular formula is C19H29N3O2. The predicted octanol–water partition coefficient (Wildman–Crippen LogP) is 1.67. The monoisotopic (exact) mass is 331 g/mol. The SMILES string of the molecule is O=C(NCc1cccc(CN2CCCCCC2)c1)C1COCCN1. The first-order chi connectivity index (χ1) is 11.8. The summed E-state index contributed by atoms with van der Waals surface area (Å²) in [5, 5.41) is 6.20. The molecule has 1 amide bonds. The Morgan fingerprint density at radius 1 is 1.21 bits per heavy atom. The summed E-state index contributed by atoms with van der Waals surface area (Å²) in [6, 6.07) is 8.36. The van der Waals surface area contributed by atoms with Gasteiger partial charge in [-0.3, -0.25) is 9.69 Å². The van der Waals surface area contributed by atoms with Gasteiger partial charge in [0.25, 0.3) is 0 Å². The Kier molecular flexibility index (Phi) is 6.64. The summed E-state index contributed by atoms with van der Waals surface area (Å²) in [5.41, 5.74) is 2.50. The van der Waals surface area contributed by atoms with Crippen LogP contribution in [0, 0.1) is 0 Å². The summed E-state index contributed by atoms with van der Waals surface area (Å²) >= 11 is 0. The smallest absolute Gasteiger partial charge is 0.239 e. The maximum atomic E-state index is 12.1. The van der Waals surface area contributed by atoms with E-state index in [0.29, 0.717) is 19.8 Å². The molecule has 2 saturated heterocycles. The number of carbonyl (C=O) groups excluding carboxylic acids is 1. The van der Waals surface area contributed by atoms with E-state index in [-0.39, 0.29) is 11.9 Å². The molecule has 0 saturated carbocycles. The zero-order valence-corrected chi connectivity index (χ0v) is 14.4. The second-order valence-electron chi connectivity index (χ2n) is 6.81. The largest absolute Gasteiger partial charge is 0.378 e. The first kappa shape index (κ1) is 17.4. The summed E-state index contributed by atoms with van der Waals surface area (Å²) in [6.45, 7) is 5.87. The van der Waals surface area contributed by atoms with E-state index in [4.69, 9.17) is 4.74 Å². The van der Waals surface area contributed by atoms with Gasteiger partial charge in [-0.25, -0.2) is 0 Å². The Balaban J connectivity index is 1.50. The number of rotatable bonds is 5. The lowest BCUT2D eigenvalue weighted by Crippen LogP contribution is -2.51. The van der Waals surface area contributed by atoms with Crippen LogP contribution >= 0.6 is 0 Å². The number of ether oxygens (including phenoxy) is 1. The first-order valence-corrected chi connectivity index (χ1v) is 9.20. The van der Waals surface area contributed by atoms with Crippen LogP contribution in [0.3, 0.4) is 0 Å². The van der Waals surface area contributed by atoms with E-state index in [1.54, 1.807) is 0 Å².